The standard InChI is InChI=1S/C13H18F2N2O3/c1-12(2,3)20-11(19)17-8-4-5-9(10(18)6-8)13(14,15)7-16/h4-6,18H,7,16H2,1-3H3,(H,17,19). The number of nitrogens with two attached hydrogens (primary N) is 1. The van der Waals surface area contributed by atoms with Crippen LogP contribution < -0.4 is 11.1 Å². The fourth-order valence-corrected chi connectivity index (χ4v) is 1.45. The number of rotatable bonds is 3. The van der Waals surface area contributed by atoms with Crippen molar-refractivity contribution >= 4 is 11.8 Å². The molecule has 112 valence electrons. The summed E-state index contributed by atoms with van der Waals surface area (Å²) in [5.74, 6) is -3.97. The summed E-state index contributed by atoms with van der Waals surface area (Å²) in [4.78, 5) is 11.5. The molecule has 1 rings (SSSR count). The van der Waals surface area contributed by atoms with Crippen molar-refractivity contribution in [3.63, 3.8) is 0 Å². The van der Waals surface area contributed by atoms with Gasteiger partial charge >= 0.3 is 6.09 Å². The average Bonchev–Trinajstić information content (AvgIpc) is 2.25. The zero-order valence-corrected chi connectivity index (χ0v) is 11.5. The number of carbonyl (C=O) groups is 1. The summed E-state index contributed by atoms with van der Waals surface area (Å²) in [5, 5.41) is 11.9. The molecule has 0 aliphatic carbocycles. The maximum atomic E-state index is 13.4. The van der Waals surface area contributed by atoms with Gasteiger partial charge in [-0.3, -0.25) is 5.32 Å². The van der Waals surface area contributed by atoms with E-state index in [2.05, 4.69) is 5.32 Å². The van der Waals surface area contributed by atoms with Crippen LogP contribution in [0, 0.1) is 0 Å². The lowest BCUT2D eigenvalue weighted by Gasteiger charge is -2.20. The van der Waals surface area contributed by atoms with Gasteiger partial charge in [0.1, 0.15) is 11.4 Å². The molecule has 0 bridgehead atoms. The molecule has 0 aliphatic heterocycles. The van der Waals surface area contributed by atoms with E-state index >= 15 is 0 Å². The second kappa shape index (κ2) is 5.62. The molecule has 0 heterocycles. The predicted octanol–water partition coefficient (Wildman–Crippen LogP) is 2.79. The normalized spacial score (nSPS) is 12.1. The summed E-state index contributed by atoms with van der Waals surface area (Å²) < 4.78 is 31.7. The molecular weight excluding hydrogens is 270 g/mol. The minimum Gasteiger partial charge on any atom is -0.507 e. The minimum atomic E-state index is -3.32. The third kappa shape index (κ3) is 4.34. The number of hydrogen-bond donors (Lipinski definition) is 3. The second-order valence-corrected chi connectivity index (χ2v) is 5.27. The summed E-state index contributed by atoms with van der Waals surface area (Å²) in [6.07, 6.45) is -0.741. The van der Waals surface area contributed by atoms with Crippen molar-refractivity contribution in [1.29, 1.82) is 0 Å². The summed E-state index contributed by atoms with van der Waals surface area (Å²) >= 11 is 0. The molecule has 4 N–H and O–H groups in total. The number of phenols is 1. The van der Waals surface area contributed by atoms with E-state index in [0.29, 0.717) is 0 Å². The number of amides is 1. The monoisotopic (exact) mass is 288 g/mol. The van der Waals surface area contributed by atoms with Crippen LogP contribution in [0.15, 0.2) is 18.2 Å². The number of nitrogens with one attached hydrogen (secondary N) is 1. The maximum absolute atomic E-state index is 13.4. The highest BCUT2D eigenvalue weighted by molar-refractivity contribution is 5.85. The highest BCUT2D eigenvalue weighted by Crippen LogP contribution is 2.35. The van der Waals surface area contributed by atoms with E-state index in [9.17, 15) is 18.7 Å². The Balaban J connectivity index is 2.86. The summed E-state index contributed by atoms with van der Waals surface area (Å²) in [7, 11) is 0. The van der Waals surface area contributed by atoms with Gasteiger partial charge in [0, 0.05) is 11.8 Å². The smallest absolute Gasteiger partial charge is 0.412 e. The van der Waals surface area contributed by atoms with Gasteiger partial charge in [0.2, 0.25) is 0 Å². The van der Waals surface area contributed by atoms with Crippen LogP contribution in [0.3, 0.4) is 0 Å². The molecule has 0 spiro atoms. The molecule has 0 saturated carbocycles. The Morgan fingerprint density at radius 2 is 2.00 bits per heavy atom. The number of hydrogen-bond acceptors (Lipinski definition) is 4. The molecule has 0 aromatic heterocycles. The average molecular weight is 288 g/mol. The van der Waals surface area contributed by atoms with Crippen LogP contribution >= 0.6 is 0 Å². The number of ether oxygens (including phenoxy) is 1. The van der Waals surface area contributed by atoms with Crippen LogP contribution in [0.4, 0.5) is 19.3 Å². The Morgan fingerprint density at radius 1 is 1.40 bits per heavy atom. The molecule has 0 radical (unpaired) electrons. The van der Waals surface area contributed by atoms with Gasteiger partial charge in [-0.15, -0.1) is 0 Å². The number of aromatic hydroxyl groups is 1. The number of halogens is 2. The Hall–Kier alpha value is -1.89. The maximum Gasteiger partial charge on any atom is 0.412 e. The van der Waals surface area contributed by atoms with Gasteiger partial charge in [0.25, 0.3) is 5.92 Å². The van der Waals surface area contributed by atoms with Crippen molar-refractivity contribution in [2.24, 2.45) is 5.73 Å². The lowest BCUT2D eigenvalue weighted by molar-refractivity contribution is 0.00379. The van der Waals surface area contributed by atoms with Crippen LogP contribution in [0.25, 0.3) is 0 Å². The third-order valence-electron chi connectivity index (χ3n) is 2.29. The van der Waals surface area contributed by atoms with E-state index < -0.39 is 35.5 Å². The molecule has 7 heteroatoms. The van der Waals surface area contributed by atoms with Crippen LogP contribution in [0.2, 0.25) is 0 Å². The van der Waals surface area contributed by atoms with Crippen molar-refractivity contribution in [1.82, 2.24) is 0 Å². The van der Waals surface area contributed by atoms with Gasteiger partial charge in [0.05, 0.1) is 12.1 Å². The molecule has 1 aromatic carbocycles. The fraction of sp³-hybridized carbons (Fsp3) is 0.462. The summed E-state index contributed by atoms with van der Waals surface area (Å²) in [5.41, 5.74) is 3.82. The zero-order valence-electron chi connectivity index (χ0n) is 11.5. The van der Waals surface area contributed by atoms with E-state index in [1.165, 1.54) is 6.07 Å². The molecule has 20 heavy (non-hydrogen) atoms. The predicted molar refractivity (Wildman–Crippen MR) is 70.9 cm³/mol. The van der Waals surface area contributed by atoms with Gasteiger partial charge in [-0.05, 0) is 32.9 Å². The molecule has 5 nitrogen and oxygen atoms in total. The van der Waals surface area contributed by atoms with E-state index in [1.54, 1.807) is 20.8 Å². The Bertz CT molecular complexity index is 499. The lowest BCUT2D eigenvalue weighted by Crippen LogP contribution is -2.27. The van der Waals surface area contributed by atoms with Gasteiger partial charge in [-0.1, -0.05) is 0 Å². The molecule has 1 aromatic rings. The van der Waals surface area contributed by atoms with Crippen LogP contribution in [-0.2, 0) is 10.7 Å². The third-order valence-corrected chi connectivity index (χ3v) is 2.29. The lowest BCUT2D eigenvalue weighted by atomic mass is 10.1. The Morgan fingerprint density at radius 3 is 2.45 bits per heavy atom. The molecule has 0 unspecified atom stereocenters. The number of benzene rings is 1. The Labute approximate surface area is 115 Å². The molecule has 0 aliphatic rings. The molecule has 1 amide bonds. The topological polar surface area (TPSA) is 84.6 Å². The minimum absolute atomic E-state index is 0.147. The quantitative estimate of drug-likeness (QED) is 0.798. The fourth-order valence-electron chi connectivity index (χ4n) is 1.45. The highest BCUT2D eigenvalue weighted by Gasteiger charge is 2.32. The van der Waals surface area contributed by atoms with Gasteiger partial charge < -0.3 is 15.6 Å². The van der Waals surface area contributed by atoms with Gasteiger partial charge in [0.15, 0.2) is 0 Å². The van der Waals surface area contributed by atoms with Crippen molar-refractivity contribution in [3.8, 4) is 5.75 Å². The van der Waals surface area contributed by atoms with E-state index in [0.717, 1.165) is 12.1 Å². The van der Waals surface area contributed by atoms with E-state index in [4.69, 9.17) is 10.5 Å². The van der Waals surface area contributed by atoms with E-state index in [1.807, 2.05) is 0 Å². The van der Waals surface area contributed by atoms with Gasteiger partial charge in [-0.2, -0.15) is 8.78 Å². The first-order valence-electron chi connectivity index (χ1n) is 5.96. The van der Waals surface area contributed by atoms with Crippen molar-refractivity contribution in [2.45, 2.75) is 32.3 Å². The van der Waals surface area contributed by atoms with E-state index in [-0.39, 0.29) is 5.69 Å². The molecule has 0 fully saturated rings. The van der Waals surface area contributed by atoms with Crippen molar-refractivity contribution < 1.29 is 23.4 Å². The molecule has 0 saturated heterocycles. The number of alkyl halides is 2. The van der Waals surface area contributed by atoms with Crippen LogP contribution in [-0.4, -0.2) is 23.3 Å². The van der Waals surface area contributed by atoms with Crippen molar-refractivity contribution in [2.75, 3.05) is 11.9 Å². The largest absolute Gasteiger partial charge is 0.507 e. The number of phenolic OH excluding ortho intramolecular Hbond substituents is 1. The van der Waals surface area contributed by atoms with Gasteiger partial charge in [-0.25, -0.2) is 4.79 Å². The Kier molecular flexibility index (Phi) is 4.54. The second-order valence-electron chi connectivity index (χ2n) is 5.27. The molecular formula is C13H18F2N2O3. The SMILES string of the molecule is CC(C)(C)OC(=O)Nc1ccc(C(F)(F)CN)c(O)c1. The number of carbonyl (C=O) groups excluding carboxylic acids is 1. The first kappa shape index (κ1) is 16.2. The number of anilines is 1. The highest BCUT2D eigenvalue weighted by atomic mass is 19.3. The summed E-state index contributed by atoms with van der Waals surface area (Å²) in [6, 6.07) is 3.26. The molecule has 0 atom stereocenters. The van der Waals surface area contributed by atoms with Crippen LogP contribution in [0.5, 0.6) is 5.75 Å². The van der Waals surface area contributed by atoms with Crippen molar-refractivity contribution in [3.05, 3.63) is 23.8 Å². The first-order chi connectivity index (χ1) is 9.05. The zero-order chi connectivity index (χ0) is 15.6. The van der Waals surface area contributed by atoms with Crippen LogP contribution in [0.1, 0.15) is 26.3 Å². The summed E-state index contributed by atoms with van der Waals surface area (Å²) in [6.45, 7) is 4.15. The first-order valence-corrected chi connectivity index (χ1v) is 5.96.